The number of aryl methyl sites for hydroxylation is 1. The Balaban J connectivity index is 0.00000128. The minimum Gasteiger partial charge on any atom is -1.00 e. The van der Waals surface area contributed by atoms with Crippen molar-refractivity contribution in [3.63, 3.8) is 0 Å². The summed E-state index contributed by atoms with van der Waals surface area (Å²) in [6.07, 6.45) is 0. The van der Waals surface area contributed by atoms with Crippen LogP contribution in [0.15, 0.2) is 41.3 Å². The van der Waals surface area contributed by atoms with Gasteiger partial charge in [0, 0.05) is 5.56 Å². The van der Waals surface area contributed by atoms with Gasteiger partial charge in [-0.2, -0.15) is 8.42 Å². The van der Waals surface area contributed by atoms with Crippen LogP contribution in [-0.4, -0.2) is 13.0 Å². The summed E-state index contributed by atoms with van der Waals surface area (Å²) in [5.41, 5.74) is 2.24. The van der Waals surface area contributed by atoms with E-state index >= 15 is 0 Å². The van der Waals surface area contributed by atoms with Crippen molar-refractivity contribution >= 4 is 10.1 Å². The molecule has 80 valence electrons. The molecule has 0 heterocycles. The maximum atomic E-state index is 11.1. The second-order valence-corrected chi connectivity index (χ2v) is 4.79. The summed E-state index contributed by atoms with van der Waals surface area (Å²) in [7, 11) is -4.14. The monoisotopic (exact) mass is 246 g/mol. The summed E-state index contributed by atoms with van der Waals surface area (Å²) in [4.78, 5) is -0.0220. The molecule has 16 heavy (non-hydrogen) atoms. The fourth-order valence-electron chi connectivity index (χ4n) is 1.67. The molecule has 0 aliphatic heterocycles. The van der Waals surface area contributed by atoms with E-state index in [2.05, 4.69) is 0 Å². The van der Waals surface area contributed by atoms with E-state index in [1.807, 2.05) is 25.1 Å². The molecule has 0 bridgehead atoms. The van der Waals surface area contributed by atoms with Crippen molar-refractivity contribution in [3.8, 4) is 11.1 Å². The van der Waals surface area contributed by atoms with E-state index in [0.29, 0.717) is 5.56 Å². The van der Waals surface area contributed by atoms with E-state index in [4.69, 9.17) is 4.55 Å². The van der Waals surface area contributed by atoms with Gasteiger partial charge in [-0.3, -0.25) is 4.55 Å². The first-order chi connectivity index (χ1) is 7.00. The first-order valence-electron chi connectivity index (χ1n) is 4.46. The quantitative estimate of drug-likeness (QED) is 0.543. The molecule has 0 fully saturated rings. The van der Waals surface area contributed by atoms with Crippen LogP contribution in [0.1, 0.15) is 6.99 Å². The van der Waals surface area contributed by atoms with E-state index in [-0.39, 0.29) is 35.9 Å². The van der Waals surface area contributed by atoms with Gasteiger partial charge in [0.25, 0.3) is 10.1 Å². The van der Waals surface area contributed by atoms with Gasteiger partial charge in [0.15, 0.2) is 0 Å². The van der Waals surface area contributed by atoms with Crippen LogP contribution in [0.25, 0.3) is 11.1 Å². The molecule has 2 aliphatic carbocycles. The van der Waals surface area contributed by atoms with Crippen LogP contribution in [0.5, 0.6) is 0 Å². The molecule has 0 saturated heterocycles. The third-order valence-corrected chi connectivity index (χ3v) is 3.25. The molecule has 2 rings (SSSR count). The normalized spacial score (nSPS) is 11.1. The largest absolute Gasteiger partial charge is 1.00 e. The smallest absolute Gasteiger partial charge is 1.00 e. The van der Waals surface area contributed by atoms with Crippen molar-refractivity contribution in [2.24, 2.45) is 0 Å². The molecular formula is C11H11NaO3S. The van der Waals surface area contributed by atoms with Gasteiger partial charge in [0.05, 0.1) is 0 Å². The van der Waals surface area contributed by atoms with E-state index in [0.717, 1.165) is 11.1 Å². The van der Waals surface area contributed by atoms with Crippen LogP contribution in [-0.2, 0) is 10.1 Å². The molecule has 5 heteroatoms. The molecule has 0 aromatic heterocycles. The predicted octanol–water partition coefficient (Wildman–Crippen LogP) is -0.537. The van der Waals surface area contributed by atoms with E-state index in [1.165, 1.54) is 6.07 Å². The molecule has 1 N–H and O–H groups in total. The van der Waals surface area contributed by atoms with Crippen molar-refractivity contribution < 1.29 is 44.0 Å². The van der Waals surface area contributed by atoms with E-state index in [1.54, 1.807) is 12.1 Å². The molecule has 0 radical (unpaired) electrons. The van der Waals surface area contributed by atoms with Crippen LogP contribution in [0.3, 0.4) is 0 Å². The fraction of sp³-hybridized carbons (Fsp3) is 0.0909. The Kier molecular flexibility index (Phi) is 4.15. The van der Waals surface area contributed by atoms with Gasteiger partial charge in [-0.15, -0.1) is 0 Å². The maximum absolute atomic E-state index is 11.1. The molecule has 0 spiro atoms. The molecule has 2 aliphatic rings. The Morgan fingerprint density at radius 2 is 1.69 bits per heavy atom. The molecular weight excluding hydrogens is 235 g/mol. The van der Waals surface area contributed by atoms with Crippen molar-refractivity contribution in [1.82, 2.24) is 0 Å². The summed E-state index contributed by atoms with van der Waals surface area (Å²) < 4.78 is 31.3. The standard InChI is InChI=1S/C11H10O3S.Na.H/c1-8-7-11(15(12,13)14)10-6-4-2-3-5-9(8)10;;/h2-7H,1H3,(H,12,13,14);;/q;+1;-1. The summed E-state index contributed by atoms with van der Waals surface area (Å²) >= 11 is 0. The average Bonchev–Trinajstić information content (AvgIpc) is 2.37. The Bertz CT molecular complexity index is 583. The number of fused-ring (bicyclic) bond motifs is 1. The minimum absolute atomic E-state index is 0. The topological polar surface area (TPSA) is 54.4 Å². The Morgan fingerprint density at radius 1 is 1.12 bits per heavy atom. The summed E-state index contributed by atoms with van der Waals surface area (Å²) in [6, 6.07) is 10.4. The minimum atomic E-state index is -4.14. The summed E-state index contributed by atoms with van der Waals surface area (Å²) in [5.74, 6) is 0. The van der Waals surface area contributed by atoms with Gasteiger partial charge in [-0.25, -0.2) is 0 Å². The fourth-order valence-corrected chi connectivity index (χ4v) is 2.45. The molecule has 3 nitrogen and oxygen atoms in total. The van der Waals surface area contributed by atoms with Gasteiger partial charge in [0.2, 0.25) is 0 Å². The van der Waals surface area contributed by atoms with E-state index in [9.17, 15) is 8.42 Å². The zero-order valence-corrected chi connectivity index (χ0v) is 12.0. The average molecular weight is 246 g/mol. The molecule has 0 aromatic carbocycles. The van der Waals surface area contributed by atoms with Gasteiger partial charge in [-0.05, 0) is 24.1 Å². The molecule has 0 amide bonds. The first kappa shape index (κ1) is 13.7. The van der Waals surface area contributed by atoms with Crippen molar-refractivity contribution in [2.75, 3.05) is 0 Å². The third-order valence-electron chi connectivity index (χ3n) is 2.35. The molecule has 0 saturated carbocycles. The number of hydrogen-bond acceptors (Lipinski definition) is 2. The van der Waals surface area contributed by atoms with Crippen LogP contribution >= 0.6 is 0 Å². The van der Waals surface area contributed by atoms with Crippen LogP contribution in [0, 0.1) is 6.92 Å². The first-order valence-corrected chi connectivity index (χ1v) is 5.90. The zero-order chi connectivity index (χ0) is 11.1. The van der Waals surface area contributed by atoms with Crippen LogP contribution < -0.4 is 29.6 Å². The number of rotatable bonds is 1. The van der Waals surface area contributed by atoms with Gasteiger partial charge in [-0.1, -0.05) is 30.3 Å². The van der Waals surface area contributed by atoms with Crippen LogP contribution in [0.2, 0.25) is 0 Å². The Labute approximate surface area is 118 Å². The SMILES string of the molecule is Cc1cc(S(=O)(=O)O)c2cccccc1-2.[H-].[Na+]. The van der Waals surface area contributed by atoms with E-state index < -0.39 is 10.1 Å². The summed E-state index contributed by atoms with van der Waals surface area (Å²) in [5, 5.41) is 0. The third kappa shape index (κ3) is 2.47. The van der Waals surface area contributed by atoms with Gasteiger partial charge < -0.3 is 1.43 Å². The molecule has 0 aromatic rings. The predicted molar refractivity (Wildman–Crippen MR) is 58.7 cm³/mol. The Morgan fingerprint density at radius 3 is 2.25 bits per heavy atom. The van der Waals surface area contributed by atoms with Crippen molar-refractivity contribution in [1.29, 1.82) is 0 Å². The van der Waals surface area contributed by atoms with Gasteiger partial charge >= 0.3 is 29.6 Å². The zero-order valence-electron chi connectivity index (χ0n) is 10.1. The number of hydrogen-bond donors (Lipinski definition) is 1. The van der Waals surface area contributed by atoms with Gasteiger partial charge in [0.1, 0.15) is 4.90 Å². The second kappa shape index (κ2) is 4.85. The Hall–Kier alpha value is -0.390. The van der Waals surface area contributed by atoms with Crippen molar-refractivity contribution in [3.05, 3.63) is 42.0 Å². The summed E-state index contributed by atoms with van der Waals surface area (Å²) in [6.45, 7) is 1.82. The second-order valence-electron chi connectivity index (χ2n) is 3.40. The molecule has 0 atom stereocenters. The molecule has 0 unspecified atom stereocenters. The maximum Gasteiger partial charge on any atom is 1.00 e. The van der Waals surface area contributed by atoms with Crippen LogP contribution in [0.4, 0.5) is 0 Å². The van der Waals surface area contributed by atoms with Crippen molar-refractivity contribution in [2.45, 2.75) is 11.8 Å².